The van der Waals surface area contributed by atoms with Crippen LogP contribution in [0.5, 0.6) is 0 Å². The van der Waals surface area contributed by atoms with Crippen molar-refractivity contribution in [3.8, 4) is 0 Å². The van der Waals surface area contributed by atoms with Crippen LogP contribution in [0, 0.1) is 0 Å². The minimum Gasteiger partial charge on any atom is -0.380 e. The van der Waals surface area contributed by atoms with E-state index in [1.54, 1.807) is 19.2 Å². The molecule has 0 aromatic heterocycles. The quantitative estimate of drug-likeness (QED) is 0.726. The Kier molecular flexibility index (Phi) is 6.44. The van der Waals surface area contributed by atoms with E-state index in [-0.39, 0.29) is 0 Å². The minimum atomic E-state index is -3.42. The van der Waals surface area contributed by atoms with Crippen LogP contribution < -0.4 is 5.32 Å². The number of ether oxygens (including phenoxy) is 1. The molecule has 0 unspecified atom stereocenters. The van der Waals surface area contributed by atoms with Gasteiger partial charge in [0.15, 0.2) is 0 Å². The van der Waals surface area contributed by atoms with Crippen LogP contribution in [-0.4, -0.2) is 46.6 Å². The normalized spacial score (nSPS) is 12.0. The van der Waals surface area contributed by atoms with Gasteiger partial charge in [-0.05, 0) is 31.7 Å². The lowest BCUT2D eigenvalue weighted by Crippen LogP contribution is -2.30. The molecule has 0 radical (unpaired) electrons. The molecule has 1 rings (SSSR count). The van der Waals surface area contributed by atoms with E-state index in [2.05, 4.69) is 5.32 Å². The average molecular weight is 286 g/mol. The standard InChI is InChI=1S/C13H22N2O3S/c1-4-18-10-9-15(3)19(16,17)13-7-5-12(6-8-13)11-14-2/h5-8,14H,4,9-11H2,1-3H3. The van der Waals surface area contributed by atoms with E-state index in [0.717, 1.165) is 12.1 Å². The second kappa shape index (κ2) is 7.59. The summed E-state index contributed by atoms with van der Waals surface area (Å²) in [6.45, 7) is 3.96. The Bertz CT molecular complexity index is 471. The van der Waals surface area contributed by atoms with Crippen LogP contribution in [0.25, 0.3) is 0 Å². The molecular formula is C13H22N2O3S. The highest BCUT2D eigenvalue weighted by Crippen LogP contribution is 2.15. The first kappa shape index (κ1) is 16.1. The second-order valence-electron chi connectivity index (χ2n) is 4.20. The fourth-order valence-corrected chi connectivity index (χ4v) is 2.78. The highest BCUT2D eigenvalue weighted by atomic mass is 32.2. The minimum absolute atomic E-state index is 0.311. The van der Waals surface area contributed by atoms with Crippen molar-refractivity contribution in [2.45, 2.75) is 18.4 Å². The van der Waals surface area contributed by atoms with E-state index < -0.39 is 10.0 Å². The van der Waals surface area contributed by atoms with Gasteiger partial charge in [-0.2, -0.15) is 4.31 Å². The van der Waals surface area contributed by atoms with Crippen molar-refractivity contribution < 1.29 is 13.2 Å². The summed E-state index contributed by atoms with van der Waals surface area (Å²) in [5, 5.41) is 3.02. The van der Waals surface area contributed by atoms with Gasteiger partial charge in [-0.1, -0.05) is 12.1 Å². The predicted octanol–water partition coefficient (Wildman–Crippen LogP) is 1.06. The monoisotopic (exact) mass is 286 g/mol. The zero-order valence-electron chi connectivity index (χ0n) is 11.7. The van der Waals surface area contributed by atoms with E-state index in [9.17, 15) is 8.42 Å². The highest BCUT2D eigenvalue weighted by molar-refractivity contribution is 7.89. The average Bonchev–Trinajstić information content (AvgIpc) is 2.40. The second-order valence-corrected chi connectivity index (χ2v) is 6.24. The Hall–Kier alpha value is -0.950. The Morgan fingerprint density at radius 1 is 1.26 bits per heavy atom. The van der Waals surface area contributed by atoms with Gasteiger partial charge >= 0.3 is 0 Å². The van der Waals surface area contributed by atoms with E-state index in [0.29, 0.717) is 24.7 Å². The number of nitrogens with one attached hydrogen (secondary N) is 1. The summed E-state index contributed by atoms with van der Waals surface area (Å²) in [6.07, 6.45) is 0. The van der Waals surface area contributed by atoms with Gasteiger partial charge in [-0.25, -0.2) is 8.42 Å². The van der Waals surface area contributed by atoms with Crippen molar-refractivity contribution in [1.29, 1.82) is 0 Å². The number of rotatable bonds is 8. The molecule has 0 heterocycles. The lowest BCUT2D eigenvalue weighted by molar-refractivity contribution is 0.138. The SMILES string of the molecule is CCOCCN(C)S(=O)(=O)c1ccc(CNC)cc1. The molecule has 0 saturated heterocycles. The molecule has 1 N–H and O–H groups in total. The predicted molar refractivity (Wildman–Crippen MR) is 75.5 cm³/mol. The number of sulfonamides is 1. The summed E-state index contributed by atoms with van der Waals surface area (Å²) in [7, 11) is 0.000453. The van der Waals surface area contributed by atoms with Gasteiger partial charge in [0.1, 0.15) is 0 Å². The van der Waals surface area contributed by atoms with Crippen molar-refractivity contribution in [2.24, 2.45) is 0 Å². The molecule has 1 aromatic carbocycles. The summed E-state index contributed by atoms with van der Waals surface area (Å²) in [5.74, 6) is 0. The Balaban J connectivity index is 2.75. The third kappa shape index (κ3) is 4.58. The molecule has 6 heteroatoms. The van der Waals surface area contributed by atoms with Crippen molar-refractivity contribution in [1.82, 2.24) is 9.62 Å². The van der Waals surface area contributed by atoms with Crippen molar-refractivity contribution in [3.63, 3.8) is 0 Å². The number of hydrogen-bond acceptors (Lipinski definition) is 4. The van der Waals surface area contributed by atoms with Gasteiger partial charge < -0.3 is 10.1 Å². The number of hydrogen-bond donors (Lipinski definition) is 1. The fourth-order valence-electron chi connectivity index (χ4n) is 1.62. The van der Waals surface area contributed by atoms with Crippen LogP contribution in [0.3, 0.4) is 0 Å². The lowest BCUT2D eigenvalue weighted by atomic mass is 10.2. The topological polar surface area (TPSA) is 58.6 Å². The largest absolute Gasteiger partial charge is 0.380 e. The van der Waals surface area contributed by atoms with Gasteiger partial charge in [0.25, 0.3) is 0 Å². The van der Waals surface area contributed by atoms with Gasteiger partial charge in [-0.3, -0.25) is 0 Å². The number of likely N-dealkylation sites (N-methyl/N-ethyl adjacent to an activating group) is 1. The first-order chi connectivity index (χ1) is 9.02. The van der Waals surface area contributed by atoms with E-state index in [1.165, 1.54) is 4.31 Å². The first-order valence-electron chi connectivity index (χ1n) is 6.30. The molecule has 108 valence electrons. The lowest BCUT2D eigenvalue weighted by Gasteiger charge is -2.17. The summed E-state index contributed by atoms with van der Waals surface area (Å²) in [4.78, 5) is 0.311. The molecule has 0 spiro atoms. The van der Waals surface area contributed by atoms with Crippen LogP contribution in [0.15, 0.2) is 29.2 Å². The van der Waals surface area contributed by atoms with Gasteiger partial charge in [0, 0.05) is 26.7 Å². The Labute approximate surface area is 115 Å². The molecule has 0 aliphatic rings. The van der Waals surface area contributed by atoms with Gasteiger partial charge in [0.2, 0.25) is 10.0 Å². The summed E-state index contributed by atoms with van der Waals surface area (Å²) >= 11 is 0. The molecular weight excluding hydrogens is 264 g/mol. The summed E-state index contributed by atoms with van der Waals surface area (Å²) < 4.78 is 31.0. The number of nitrogens with zero attached hydrogens (tertiary/aromatic N) is 1. The zero-order valence-corrected chi connectivity index (χ0v) is 12.5. The van der Waals surface area contributed by atoms with Gasteiger partial charge in [-0.15, -0.1) is 0 Å². The van der Waals surface area contributed by atoms with Crippen LogP contribution >= 0.6 is 0 Å². The molecule has 1 aromatic rings. The summed E-state index contributed by atoms with van der Waals surface area (Å²) in [6, 6.07) is 6.91. The zero-order chi connectivity index (χ0) is 14.3. The van der Waals surface area contributed by atoms with Crippen LogP contribution in [0.1, 0.15) is 12.5 Å². The maximum absolute atomic E-state index is 12.3. The molecule has 0 amide bonds. The van der Waals surface area contributed by atoms with E-state index >= 15 is 0 Å². The molecule has 0 aliphatic carbocycles. The fraction of sp³-hybridized carbons (Fsp3) is 0.538. The molecule has 0 aliphatic heterocycles. The van der Waals surface area contributed by atoms with Gasteiger partial charge in [0.05, 0.1) is 11.5 Å². The smallest absolute Gasteiger partial charge is 0.242 e. The van der Waals surface area contributed by atoms with E-state index in [1.807, 2.05) is 26.1 Å². The van der Waals surface area contributed by atoms with Crippen molar-refractivity contribution in [3.05, 3.63) is 29.8 Å². The molecule has 5 nitrogen and oxygen atoms in total. The molecule has 0 bridgehead atoms. The van der Waals surface area contributed by atoms with Crippen LogP contribution in [0.4, 0.5) is 0 Å². The molecule has 19 heavy (non-hydrogen) atoms. The molecule has 0 fully saturated rings. The van der Waals surface area contributed by atoms with Crippen molar-refractivity contribution >= 4 is 10.0 Å². The maximum Gasteiger partial charge on any atom is 0.242 e. The Morgan fingerprint density at radius 3 is 2.42 bits per heavy atom. The third-order valence-corrected chi connectivity index (χ3v) is 4.64. The number of benzene rings is 1. The highest BCUT2D eigenvalue weighted by Gasteiger charge is 2.20. The van der Waals surface area contributed by atoms with E-state index in [4.69, 9.17) is 4.74 Å². The molecule has 0 saturated carbocycles. The van der Waals surface area contributed by atoms with Crippen LogP contribution in [-0.2, 0) is 21.3 Å². The third-order valence-electron chi connectivity index (χ3n) is 2.77. The maximum atomic E-state index is 12.3. The molecule has 0 atom stereocenters. The van der Waals surface area contributed by atoms with Crippen molar-refractivity contribution in [2.75, 3.05) is 33.9 Å². The van der Waals surface area contributed by atoms with Crippen LogP contribution in [0.2, 0.25) is 0 Å². The Morgan fingerprint density at radius 2 is 1.89 bits per heavy atom. The first-order valence-corrected chi connectivity index (χ1v) is 7.74. The summed E-state index contributed by atoms with van der Waals surface area (Å²) in [5.41, 5.74) is 1.05.